The molecule has 0 radical (unpaired) electrons. The average Bonchev–Trinajstić information content (AvgIpc) is 3.16. The molecule has 2 heterocycles. The Balaban J connectivity index is 1.65. The predicted octanol–water partition coefficient (Wildman–Crippen LogP) is 2.76. The number of carbonyl (C=O) groups is 2. The van der Waals surface area contributed by atoms with E-state index >= 15 is 0 Å². The highest BCUT2D eigenvalue weighted by Crippen LogP contribution is 2.27. The number of urea groups is 1. The third-order valence-corrected chi connectivity index (χ3v) is 4.85. The number of amides is 3. The van der Waals surface area contributed by atoms with Gasteiger partial charge in [-0.15, -0.1) is 0 Å². The quantitative estimate of drug-likeness (QED) is 0.677. The molecule has 1 aliphatic heterocycles. The molecular weight excluding hydrogens is 401 g/mol. The van der Waals surface area contributed by atoms with Crippen molar-refractivity contribution in [3.63, 3.8) is 0 Å². The fraction of sp³-hybridized carbons (Fsp3) is 0.182. The monoisotopic (exact) mass is 421 g/mol. The van der Waals surface area contributed by atoms with Crippen molar-refractivity contribution in [2.24, 2.45) is 4.99 Å². The van der Waals surface area contributed by atoms with Crippen molar-refractivity contribution in [1.82, 2.24) is 15.8 Å². The summed E-state index contributed by atoms with van der Waals surface area (Å²) in [5.74, 6) is -0.307. The number of benzodiazepines with no additional fused rings is 1. The van der Waals surface area contributed by atoms with E-state index in [1.165, 1.54) is 11.0 Å². The number of benzene rings is 2. The van der Waals surface area contributed by atoms with Crippen molar-refractivity contribution < 1.29 is 18.5 Å². The molecule has 8 nitrogen and oxygen atoms in total. The van der Waals surface area contributed by atoms with Crippen LogP contribution in [0.15, 0.2) is 64.1 Å². The van der Waals surface area contributed by atoms with Crippen molar-refractivity contribution >= 4 is 23.3 Å². The Kier molecular flexibility index (Phi) is 5.48. The van der Waals surface area contributed by atoms with Crippen LogP contribution in [-0.4, -0.2) is 36.0 Å². The minimum absolute atomic E-state index is 0.115. The number of anilines is 1. The molecule has 158 valence electrons. The average molecular weight is 421 g/mol. The van der Waals surface area contributed by atoms with Gasteiger partial charge in [0.15, 0.2) is 0 Å². The number of nitrogens with zero attached hydrogens (tertiary/aromatic N) is 3. The largest absolute Gasteiger partial charge is 0.361 e. The van der Waals surface area contributed by atoms with Gasteiger partial charge in [-0.2, -0.15) is 0 Å². The Morgan fingerprint density at radius 2 is 1.87 bits per heavy atom. The summed E-state index contributed by atoms with van der Waals surface area (Å²) in [5.41, 5.74) is 2.22. The van der Waals surface area contributed by atoms with E-state index in [-0.39, 0.29) is 17.8 Å². The summed E-state index contributed by atoms with van der Waals surface area (Å²) in [5, 5.41) is 8.98. The van der Waals surface area contributed by atoms with Gasteiger partial charge in [-0.05, 0) is 25.1 Å². The van der Waals surface area contributed by atoms with Gasteiger partial charge in [-0.25, -0.2) is 14.2 Å². The van der Waals surface area contributed by atoms with Crippen molar-refractivity contribution in [2.75, 3.05) is 11.9 Å². The van der Waals surface area contributed by atoms with E-state index in [2.05, 4.69) is 20.8 Å². The van der Waals surface area contributed by atoms with Crippen molar-refractivity contribution in [3.05, 3.63) is 83.0 Å². The summed E-state index contributed by atoms with van der Waals surface area (Å²) in [4.78, 5) is 31.3. The maximum absolute atomic E-state index is 14.6. The van der Waals surface area contributed by atoms with Crippen molar-refractivity contribution in [2.45, 2.75) is 19.6 Å². The van der Waals surface area contributed by atoms with E-state index < -0.39 is 23.9 Å². The number of para-hydroxylation sites is 1. The van der Waals surface area contributed by atoms with Crippen molar-refractivity contribution in [1.29, 1.82) is 0 Å². The molecule has 0 spiro atoms. The summed E-state index contributed by atoms with van der Waals surface area (Å²) in [6.45, 7) is 1.86. The molecular formula is C22H20FN5O3. The van der Waals surface area contributed by atoms with Gasteiger partial charge in [0.2, 0.25) is 6.17 Å². The van der Waals surface area contributed by atoms with Gasteiger partial charge in [-0.3, -0.25) is 4.79 Å². The van der Waals surface area contributed by atoms with E-state index in [4.69, 9.17) is 4.52 Å². The SMILES string of the molecule is Cc1cc(CNC(=O)NC2N=C(c3ccccc3F)c3ccccc3N(C)C2=O)no1. The molecule has 0 aliphatic carbocycles. The number of aromatic nitrogens is 1. The van der Waals surface area contributed by atoms with E-state index in [0.717, 1.165) is 0 Å². The predicted molar refractivity (Wildman–Crippen MR) is 112 cm³/mol. The molecule has 0 saturated carbocycles. The van der Waals surface area contributed by atoms with Crippen LogP contribution in [0.5, 0.6) is 0 Å². The lowest BCUT2D eigenvalue weighted by atomic mass is 10.00. The van der Waals surface area contributed by atoms with E-state index in [0.29, 0.717) is 22.7 Å². The molecule has 3 amide bonds. The van der Waals surface area contributed by atoms with Gasteiger partial charge >= 0.3 is 6.03 Å². The van der Waals surface area contributed by atoms with Gasteiger partial charge in [-0.1, -0.05) is 35.5 Å². The lowest BCUT2D eigenvalue weighted by molar-refractivity contribution is -0.119. The number of aliphatic imine (C=N–C) groups is 1. The zero-order valence-corrected chi connectivity index (χ0v) is 16.9. The number of nitrogens with one attached hydrogen (secondary N) is 2. The van der Waals surface area contributed by atoms with Crippen molar-refractivity contribution in [3.8, 4) is 0 Å². The lowest BCUT2D eigenvalue weighted by Gasteiger charge is -2.20. The first kappa shape index (κ1) is 20.3. The number of halogens is 1. The number of hydrogen-bond donors (Lipinski definition) is 2. The van der Waals surface area contributed by atoms with E-state index in [1.807, 2.05) is 0 Å². The smallest absolute Gasteiger partial charge is 0.317 e. The minimum atomic E-state index is -1.24. The van der Waals surface area contributed by atoms with Gasteiger partial charge in [0, 0.05) is 24.2 Å². The number of aryl methyl sites for hydroxylation is 1. The number of hydrogen-bond acceptors (Lipinski definition) is 5. The first-order valence-corrected chi connectivity index (χ1v) is 9.60. The highest BCUT2D eigenvalue weighted by molar-refractivity contribution is 6.20. The minimum Gasteiger partial charge on any atom is -0.361 e. The third kappa shape index (κ3) is 4.16. The zero-order chi connectivity index (χ0) is 22.0. The Morgan fingerprint density at radius 3 is 2.58 bits per heavy atom. The molecule has 9 heteroatoms. The van der Waals surface area contributed by atoms with Crippen LogP contribution >= 0.6 is 0 Å². The molecule has 4 rings (SSSR count). The van der Waals surface area contributed by atoms with Crippen LogP contribution in [0.1, 0.15) is 22.6 Å². The maximum Gasteiger partial charge on any atom is 0.317 e. The second kappa shape index (κ2) is 8.39. The molecule has 0 bridgehead atoms. The highest BCUT2D eigenvalue weighted by Gasteiger charge is 2.31. The van der Waals surface area contributed by atoms with Gasteiger partial charge in [0.25, 0.3) is 5.91 Å². The van der Waals surface area contributed by atoms with Crippen LogP contribution < -0.4 is 15.5 Å². The van der Waals surface area contributed by atoms with E-state index in [1.54, 1.807) is 62.5 Å². The first-order chi connectivity index (χ1) is 14.9. The van der Waals surface area contributed by atoms with Crippen LogP contribution in [0.2, 0.25) is 0 Å². The summed E-state index contributed by atoms with van der Waals surface area (Å²) in [6.07, 6.45) is -1.24. The molecule has 1 atom stereocenters. The number of fused-ring (bicyclic) bond motifs is 1. The molecule has 3 aromatic rings. The lowest BCUT2D eigenvalue weighted by Crippen LogP contribution is -2.49. The first-order valence-electron chi connectivity index (χ1n) is 9.60. The summed E-state index contributed by atoms with van der Waals surface area (Å²) < 4.78 is 19.6. The Labute approximate surface area is 177 Å². The third-order valence-electron chi connectivity index (χ3n) is 4.85. The standard InChI is InChI=1S/C22H20FN5O3/c1-13-11-14(27-31-13)12-24-22(30)26-20-21(29)28(2)18-10-6-4-8-16(18)19(25-20)15-7-3-5-9-17(15)23/h3-11,20H,12H2,1-2H3,(H2,24,26,30). The van der Waals surface area contributed by atoms with Gasteiger partial charge in [0.05, 0.1) is 17.9 Å². The molecule has 0 fully saturated rings. The Bertz CT molecular complexity index is 1170. The molecule has 1 aliphatic rings. The van der Waals surface area contributed by atoms with Crippen LogP contribution in [0, 0.1) is 12.7 Å². The number of likely N-dealkylation sites (N-methyl/N-ethyl adjacent to an activating group) is 1. The molecule has 2 aromatic carbocycles. The van der Waals surface area contributed by atoms with E-state index in [9.17, 15) is 14.0 Å². The summed E-state index contributed by atoms with van der Waals surface area (Å²) in [6, 6.07) is 14.3. The van der Waals surface area contributed by atoms with Gasteiger partial charge < -0.3 is 20.1 Å². The fourth-order valence-electron chi connectivity index (χ4n) is 3.33. The number of rotatable bonds is 4. The second-order valence-electron chi connectivity index (χ2n) is 7.03. The fourth-order valence-corrected chi connectivity index (χ4v) is 3.33. The zero-order valence-electron chi connectivity index (χ0n) is 16.9. The Morgan fingerprint density at radius 1 is 1.16 bits per heavy atom. The topological polar surface area (TPSA) is 99.8 Å². The summed E-state index contributed by atoms with van der Waals surface area (Å²) in [7, 11) is 1.59. The van der Waals surface area contributed by atoms with Crippen LogP contribution in [0.25, 0.3) is 0 Å². The highest BCUT2D eigenvalue weighted by atomic mass is 19.1. The van der Waals surface area contributed by atoms with Crippen LogP contribution in [0.4, 0.5) is 14.9 Å². The normalized spacial score (nSPS) is 15.7. The summed E-state index contributed by atoms with van der Waals surface area (Å²) >= 11 is 0. The van der Waals surface area contributed by atoms with Crippen LogP contribution in [0.3, 0.4) is 0 Å². The molecule has 1 unspecified atom stereocenters. The number of carbonyl (C=O) groups excluding carboxylic acids is 2. The molecule has 1 aromatic heterocycles. The molecule has 31 heavy (non-hydrogen) atoms. The van der Waals surface area contributed by atoms with Crippen LogP contribution in [-0.2, 0) is 11.3 Å². The maximum atomic E-state index is 14.6. The Hall–Kier alpha value is -4.01. The molecule has 2 N–H and O–H groups in total. The second-order valence-corrected chi connectivity index (χ2v) is 7.03. The molecule has 0 saturated heterocycles. The van der Waals surface area contributed by atoms with Gasteiger partial charge in [0.1, 0.15) is 17.3 Å².